The maximum absolute atomic E-state index is 10.6. The summed E-state index contributed by atoms with van der Waals surface area (Å²) >= 11 is 0. The fourth-order valence-corrected chi connectivity index (χ4v) is 1.47. The predicted octanol–water partition coefficient (Wildman–Crippen LogP) is -3.35. The molecule has 7 nitrogen and oxygen atoms in total. The summed E-state index contributed by atoms with van der Waals surface area (Å²) in [6.07, 6.45) is -7.90. The zero-order valence-corrected chi connectivity index (χ0v) is 7.11. The van der Waals surface area contributed by atoms with Crippen molar-refractivity contribution in [2.45, 2.75) is 36.4 Å². The van der Waals surface area contributed by atoms with Crippen molar-refractivity contribution in [2.24, 2.45) is 0 Å². The van der Waals surface area contributed by atoms with Crippen LogP contribution in [0.5, 0.6) is 0 Å². The third kappa shape index (κ3) is 1.49. The Morgan fingerprint density at radius 1 is 1.14 bits per heavy atom. The second-order valence-electron chi connectivity index (χ2n) is 3.43. The molecule has 0 heterocycles. The topological polar surface area (TPSA) is 138 Å². The summed E-state index contributed by atoms with van der Waals surface area (Å²) in [5, 5.41) is 54.5. The molecule has 5 atom stereocenters. The van der Waals surface area contributed by atoms with Gasteiger partial charge in [0.25, 0.3) is 0 Å². The summed E-state index contributed by atoms with van der Waals surface area (Å²) in [6, 6.07) is 0. The minimum atomic E-state index is -2.63. The summed E-state index contributed by atoms with van der Waals surface area (Å²) in [7, 11) is 0. The normalized spacial score (nSPS) is 48.9. The molecule has 0 bridgehead atoms. The largest absolute Gasteiger partial charge is 0.479 e. The highest BCUT2D eigenvalue weighted by Crippen LogP contribution is 2.29. The highest BCUT2D eigenvalue weighted by molar-refractivity contribution is 5.78. The van der Waals surface area contributed by atoms with Crippen molar-refractivity contribution in [3.8, 4) is 0 Å². The van der Waals surface area contributed by atoms with Gasteiger partial charge in [-0.2, -0.15) is 0 Å². The van der Waals surface area contributed by atoms with E-state index >= 15 is 0 Å². The SMILES string of the molecule is O=C(O)[C@@]1(O)C[C@@H](O)[C@H](O)[C@H](O)[C@@H]1O. The second-order valence-corrected chi connectivity index (χ2v) is 3.43. The van der Waals surface area contributed by atoms with E-state index in [2.05, 4.69) is 0 Å². The molecule has 0 unspecified atom stereocenters. The van der Waals surface area contributed by atoms with Crippen LogP contribution < -0.4 is 0 Å². The number of aliphatic hydroxyl groups is 5. The molecule has 82 valence electrons. The van der Waals surface area contributed by atoms with Gasteiger partial charge in [0.1, 0.15) is 18.3 Å². The van der Waals surface area contributed by atoms with E-state index in [1.807, 2.05) is 0 Å². The van der Waals surface area contributed by atoms with E-state index in [4.69, 9.17) is 20.4 Å². The summed E-state index contributed by atoms with van der Waals surface area (Å²) in [4.78, 5) is 10.6. The number of aliphatic carboxylic acids is 1. The van der Waals surface area contributed by atoms with Crippen LogP contribution in [0, 0.1) is 0 Å². The van der Waals surface area contributed by atoms with E-state index in [0.29, 0.717) is 0 Å². The molecule has 0 saturated heterocycles. The Balaban J connectivity index is 2.96. The number of hydrogen-bond acceptors (Lipinski definition) is 6. The van der Waals surface area contributed by atoms with Crippen LogP contribution in [0.15, 0.2) is 0 Å². The zero-order chi connectivity index (χ0) is 11.1. The number of hydrogen-bond donors (Lipinski definition) is 6. The molecule has 1 aliphatic rings. The van der Waals surface area contributed by atoms with Gasteiger partial charge in [-0.3, -0.25) is 0 Å². The number of carbonyl (C=O) groups is 1. The van der Waals surface area contributed by atoms with E-state index in [1.165, 1.54) is 0 Å². The maximum atomic E-state index is 10.6. The minimum absolute atomic E-state index is 0.734. The van der Waals surface area contributed by atoms with Gasteiger partial charge in [0, 0.05) is 6.42 Å². The standard InChI is InChI=1S/C7H12O7/c8-2-1-7(14,6(12)13)5(11)4(10)3(2)9/h2-5,8-11,14H,1H2,(H,12,13)/t2-,3+,4+,5+,7-/m1/s1. The molecule has 0 aromatic heterocycles. The van der Waals surface area contributed by atoms with Crippen molar-refractivity contribution in [1.82, 2.24) is 0 Å². The molecule has 0 aromatic rings. The number of carboxylic acid groups (broad SMARTS) is 1. The molecule has 1 saturated carbocycles. The lowest BCUT2D eigenvalue weighted by atomic mass is 9.77. The fourth-order valence-electron chi connectivity index (χ4n) is 1.47. The van der Waals surface area contributed by atoms with E-state index in [9.17, 15) is 15.0 Å². The first-order valence-corrected chi connectivity index (χ1v) is 3.98. The van der Waals surface area contributed by atoms with Gasteiger partial charge in [-0.05, 0) is 0 Å². The van der Waals surface area contributed by atoms with Crippen LogP contribution in [0.25, 0.3) is 0 Å². The van der Waals surface area contributed by atoms with E-state index in [-0.39, 0.29) is 0 Å². The van der Waals surface area contributed by atoms with Crippen LogP contribution in [0.2, 0.25) is 0 Å². The lowest BCUT2D eigenvalue weighted by molar-refractivity contribution is -0.227. The van der Waals surface area contributed by atoms with Gasteiger partial charge in [-0.15, -0.1) is 0 Å². The molecule has 1 fully saturated rings. The van der Waals surface area contributed by atoms with Crippen LogP contribution in [0.1, 0.15) is 6.42 Å². The fraction of sp³-hybridized carbons (Fsp3) is 0.857. The van der Waals surface area contributed by atoms with Crippen molar-refractivity contribution >= 4 is 5.97 Å². The molecule has 6 N–H and O–H groups in total. The highest BCUT2D eigenvalue weighted by atomic mass is 16.4. The van der Waals surface area contributed by atoms with Gasteiger partial charge in [-0.25, -0.2) is 4.79 Å². The molecule has 14 heavy (non-hydrogen) atoms. The first kappa shape index (κ1) is 11.3. The van der Waals surface area contributed by atoms with Crippen molar-refractivity contribution < 1.29 is 35.4 Å². The Morgan fingerprint density at radius 3 is 2.07 bits per heavy atom. The Kier molecular flexibility index (Phi) is 2.79. The first-order chi connectivity index (χ1) is 6.30. The van der Waals surface area contributed by atoms with Crippen LogP contribution in [0.4, 0.5) is 0 Å². The molecule has 1 aliphatic carbocycles. The molecular formula is C7H12O7. The summed E-state index contributed by atoms with van der Waals surface area (Å²) in [6.45, 7) is 0. The lowest BCUT2D eigenvalue weighted by Crippen LogP contribution is -2.65. The molecule has 0 aliphatic heterocycles. The van der Waals surface area contributed by atoms with E-state index in [0.717, 1.165) is 0 Å². The third-order valence-electron chi connectivity index (χ3n) is 2.45. The first-order valence-electron chi connectivity index (χ1n) is 3.98. The van der Waals surface area contributed by atoms with Crippen molar-refractivity contribution in [2.75, 3.05) is 0 Å². The van der Waals surface area contributed by atoms with E-state index < -0.39 is 42.4 Å². The van der Waals surface area contributed by atoms with E-state index in [1.54, 1.807) is 0 Å². The van der Waals surface area contributed by atoms with Crippen molar-refractivity contribution in [1.29, 1.82) is 0 Å². The monoisotopic (exact) mass is 208 g/mol. The average Bonchev–Trinajstić information content (AvgIpc) is 2.11. The second kappa shape index (κ2) is 3.44. The number of rotatable bonds is 1. The molecule has 0 aromatic carbocycles. The molecule has 0 radical (unpaired) electrons. The van der Waals surface area contributed by atoms with Crippen LogP contribution >= 0.6 is 0 Å². The number of carboxylic acids is 1. The Hall–Kier alpha value is -0.730. The number of aliphatic hydroxyl groups excluding tert-OH is 4. The quantitative estimate of drug-likeness (QED) is 0.264. The minimum Gasteiger partial charge on any atom is -0.479 e. The lowest BCUT2D eigenvalue weighted by Gasteiger charge is -2.41. The van der Waals surface area contributed by atoms with Crippen molar-refractivity contribution in [3.05, 3.63) is 0 Å². The van der Waals surface area contributed by atoms with Crippen molar-refractivity contribution in [3.63, 3.8) is 0 Å². The third-order valence-corrected chi connectivity index (χ3v) is 2.45. The molecule has 1 rings (SSSR count). The zero-order valence-electron chi connectivity index (χ0n) is 7.11. The van der Waals surface area contributed by atoms with Gasteiger partial charge >= 0.3 is 5.97 Å². The van der Waals surface area contributed by atoms with Gasteiger partial charge < -0.3 is 30.6 Å². The van der Waals surface area contributed by atoms with Gasteiger partial charge in [0.05, 0.1) is 6.10 Å². The van der Waals surface area contributed by atoms with Crippen LogP contribution in [-0.4, -0.2) is 66.6 Å². The molecule has 0 amide bonds. The maximum Gasteiger partial charge on any atom is 0.338 e. The molecule has 0 spiro atoms. The Bertz CT molecular complexity index is 242. The predicted molar refractivity (Wildman–Crippen MR) is 41.2 cm³/mol. The Morgan fingerprint density at radius 2 is 1.64 bits per heavy atom. The summed E-state index contributed by atoms with van der Waals surface area (Å²) in [5.41, 5.74) is -2.63. The summed E-state index contributed by atoms with van der Waals surface area (Å²) in [5.74, 6) is -1.75. The molecular weight excluding hydrogens is 196 g/mol. The summed E-state index contributed by atoms with van der Waals surface area (Å²) < 4.78 is 0. The van der Waals surface area contributed by atoms with Crippen LogP contribution in [0.3, 0.4) is 0 Å². The van der Waals surface area contributed by atoms with Gasteiger partial charge in [-0.1, -0.05) is 0 Å². The smallest absolute Gasteiger partial charge is 0.338 e. The Labute approximate surface area is 78.8 Å². The molecule has 7 heteroatoms. The van der Waals surface area contributed by atoms with Crippen LogP contribution in [-0.2, 0) is 4.79 Å². The van der Waals surface area contributed by atoms with Gasteiger partial charge in [0.2, 0.25) is 0 Å². The van der Waals surface area contributed by atoms with Gasteiger partial charge in [0.15, 0.2) is 5.60 Å². The average molecular weight is 208 g/mol. The highest BCUT2D eigenvalue weighted by Gasteiger charge is 2.55.